The minimum atomic E-state index is -0.455. The lowest BCUT2D eigenvalue weighted by Gasteiger charge is -2.31. The lowest BCUT2D eigenvalue weighted by atomic mass is 9.95. The predicted octanol–water partition coefficient (Wildman–Crippen LogP) is 4.51. The highest BCUT2D eigenvalue weighted by Crippen LogP contribution is 2.24. The van der Waals surface area contributed by atoms with Crippen molar-refractivity contribution in [3.05, 3.63) is 64.4 Å². The summed E-state index contributed by atoms with van der Waals surface area (Å²) >= 11 is 5.80. The average Bonchev–Trinajstić information content (AvgIpc) is 2.71. The zero-order chi connectivity index (χ0) is 20.8. The molecule has 5 nitrogen and oxygen atoms in total. The lowest BCUT2D eigenvalue weighted by molar-refractivity contribution is -0.121. The van der Waals surface area contributed by atoms with Gasteiger partial charge in [0.1, 0.15) is 5.82 Å². The van der Waals surface area contributed by atoms with Crippen molar-refractivity contribution >= 4 is 29.2 Å². The van der Waals surface area contributed by atoms with Crippen molar-refractivity contribution in [2.45, 2.75) is 26.3 Å². The van der Waals surface area contributed by atoms with Crippen molar-refractivity contribution in [3.63, 3.8) is 0 Å². The SMILES string of the molecule is CCOC(=O)c1ccccc1NC(=O)C1CCN(Cc2ccc(Cl)cc2F)CC1. The van der Waals surface area contributed by atoms with E-state index in [2.05, 4.69) is 10.2 Å². The molecule has 3 rings (SSSR count). The van der Waals surface area contributed by atoms with E-state index in [9.17, 15) is 14.0 Å². The molecule has 154 valence electrons. The van der Waals surface area contributed by atoms with E-state index in [1.165, 1.54) is 6.07 Å². The first kappa shape index (κ1) is 21.3. The molecule has 0 bridgehead atoms. The van der Waals surface area contributed by atoms with Gasteiger partial charge in [-0.3, -0.25) is 9.69 Å². The summed E-state index contributed by atoms with van der Waals surface area (Å²) in [6, 6.07) is 11.5. The van der Waals surface area contributed by atoms with Crippen LogP contribution in [0.3, 0.4) is 0 Å². The van der Waals surface area contributed by atoms with Gasteiger partial charge < -0.3 is 10.1 Å². The van der Waals surface area contributed by atoms with E-state index >= 15 is 0 Å². The first-order chi connectivity index (χ1) is 14.0. The molecule has 29 heavy (non-hydrogen) atoms. The Kier molecular flexibility index (Phi) is 7.23. The first-order valence-electron chi connectivity index (χ1n) is 9.71. The molecule has 2 aromatic rings. The van der Waals surface area contributed by atoms with Crippen molar-refractivity contribution in [2.75, 3.05) is 25.0 Å². The first-order valence-corrected chi connectivity index (χ1v) is 10.1. The molecular weight excluding hydrogens is 395 g/mol. The Hall–Kier alpha value is -2.44. The smallest absolute Gasteiger partial charge is 0.340 e. The van der Waals surface area contributed by atoms with Gasteiger partial charge in [-0.25, -0.2) is 9.18 Å². The molecule has 1 aliphatic rings. The van der Waals surface area contributed by atoms with Crippen LogP contribution in [0.1, 0.15) is 35.7 Å². The quantitative estimate of drug-likeness (QED) is 0.701. The van der Waals surface area contributed by atoms with Crippen LogP contribution < -0.4 is 5.32 Å². The number of nitrogens with zero attached hydrogens (tertiary/aromatic N) is 1. The Morgan fingerprint density at radius 1 is 1.21 bits per heavy atom. The molecule has 2 aromatic carbocycles. The molecule has 0 aromatic heterocycles. The fourth-order valence-electron chi connectivity index (χ4n) is 3.46. The summed E-state index contributed by atoms with van der Waals surface area (Å²) in [5, 5.41) is 3.25. The molecule has 1 amide bonds. The van der Waals surface area contributed by atoms with Gasteiger partial charge in [0.2, 0.25) is 5.91 Å². The van der Waals surface area contributed by atoms with Gasteiger partial charge in [-0.1, -0.05) is 29.8 Å². The Bertz CT molecular complexity index is 882. The third-order valence-electron chi connectivity index (χ3n) is 5.05. The van der Waals surface area contributed by atoms with Crippen LogP contribution in [0.2, 0.25) is 5.02 Å². The minimum Gasteiger partial charge on any atom is -0.462 e. The zero-order valence-corrected chi connectivity index (χ0v) is 17.0. The number of halogens is 2. The number of benzene rings is 2. The second-order valence-electron chi connectivity index (χ2n) is 7.04. The van der Waals surface area contributed by atoms with Crippen LogP contribution in [0.4, 0.5) is 10.1 Å². The number of piperidine rings is 1. The highest BCUT2D eigenvalue weighted by molar-refractivity contribution is 6.30. The van der Waals surface area contributed by atoms with Gasteiger partial charge in [-0.15, -0.1) is 0 Å². The van der Waals surface area contributed by atoms with Crippen molar-refractivity contribution in [3.8, 4) is 0 Å². The molecular formula is C22H24ClFN2O3. The van der Waals surface area contributed by atoms with Crippen LogP contribution in [0, 0.1) is 11.7 Å². The van der Waals surface area contributed by atoms with Gasteiger partial charge >= 0.3 is 5.97 Å². The molecule has 1 fully saturated rings. The molecule has 0 atom stereocenters. The normalized spacial score (nSPS) is 15.1. The van der Waals surface area contributed by atoms with Crippen LogP contribution in [0.5, 0.6) is 0 Å². The average molecular weight is 419 g/mol. The number of hydrogen-bond acceptors (Lipinski definition) is 4. The van der Waals surface area contributed by atoms with Gasteiger partial charge in [0, 0.05) is 23.0 Å². The molecule has 1 saturated heterocycles. The maximum Gasteiger partial charge on any atom is 0.340 e. The second-order valence-corrected chi connectivity index (χ2v) is 7.48. The summed E-state index contributed by atoms with van der Waals surface area (Å²) in [5.74, 6) is -1.04. The molecule has 0 aliphatic carbocycles. The minimum absolute atomic E-state index is 0.112. The van der Waals surface area contributed by atoms with E-state index in [1.54, 1.807) is 43.3 Å². The summed E-state index contributed by atoms with van der Waals surface area (Å²) in [6.45, 7) is 3.89. The number of rotatable bonds is 6. The van der Waals surface area contributed by atoms with Crippen LogP contribution in [0.15, 0.2) is 42.5 Å². The molecule has 0 unspecified atom stereocenters. The van der Waals surface area contributed by atoms with E-state index in [4.69, 9.17) is 16.3 Å². The van der Waals surface area contributed by atoms with Gasteiger partial charge in [0.15, 0.2) is 0 Å². The predicted molar refractivity (Wildman–Crippen MR) is 110 cm³/mol. The molecule has 7 heteroatoms. The van der Waals surface area contributed by atoms with Crippen LogP contribution in [-0.4, -0.2) is 36.5 Å². The molecule has 0 radical (unpaired) electrons. The van der Waals surface area contributed by atoms with Crippen molar-refractivity contribution in [1.82, 2.24) is 4.90 Å². The Morgan fingerprint density at radius 2 is 1.93 bits per heavy atom. The van der Waals surface area contributed by atoms with E-state index in [0.29, 0.717) is 54.3 Å². The topological polar surface area (TPSA) is 58.6 Å². The maximum atomic E-state index is 14.0. The number of carbonyl (C=O) groups excluding carboxylic acids is 2. The Morgan fingerprint density at radius 3 is 2.62 bits per heavy atom. The summed E-state index contributed by atoms with van der Waals surface area (Å²) in [7, 11) is 0. The third kappa shape index (κ3) is 5.55. The van der Waals surface area contributed by atoms with Crippen LogP contribution >= 0.6 is 11.6 Å². The fourth-order valence-corrected chi connectivity index (χ4v) is 3.62. The lowest BCUT2D eigenvalue weighted by Crippen LogP contribution is -2.38. The summed E-state index contributed by atoms with van der Waals surface area (Å²) in [4.78, 5) is 26.9. The van der Waals surface area contributed by atoms with Gasteiger partial charge in [0.25, 0.3) is 0 Å². The molecule has 1 aliphatic heterocycles. The zero-order valence-electron chi connectivity index (χ0n) is 16.3. The summed E-state index contributed by atoms with van der Waals surface area (Å²) in [5.41, 5.74) is 1.40. The number of nitrogens with one attached hydrogen (secondary N) is 1. The van der Waals surface area contributed by atoms with E-state index in [0.717, 1.165) is 0 Å². The number of hydrogen-bond donors (Lipinski definition) is 1. The Balaban J connectivity index is 1.56. The summed E-state index contributed by atoms with van der Waals surface area (Å²) in [6.07, 6.45) is 1.34. The van der Waals surface area contributed by atoms with Gasteiger partial charge in [0.05, 0.1) is 17.9 Å². The fraction of sp³-hybridized carbons (Fsp3) is 0.364. The number of ether oxygens (including phenoxy) is 1. The maximum absolute atomic E-state index is 14.0. The van der Waals surface area contributed by atoms with Crippen LogP contribution in [0.25, 0.3) is 0 Å². The number of esters is 1. The van der Waals surface area contributed by atoms with Crippen LogP contribution in [-0.2, 0) is 16.1 Å². The molecule has 1 N–H and O–H groups in total. The van der Waals surface area contributed by atoms with E-state index in [-0.39, 0.29) is 24.2 Å². The standard InChI is InChI=1S/C22H24ClFN2O3/c1-2-29-22(28)18-5-3-4-6-20(18)25-21(27)15-9-11-26(12-10-15)14-16-7-8-17(23)13-19(16)24/h3-8,13,15H,2,9-12,14H2,1H3,(H,25,27). The number of carbonyl (C=O) groups is 2. The molecule has 0 spiro atoms. The van der Waals surface area contributed by atoms with E-state index < -0.39 is 5.97 Å². The molecule has 1 heterocycles. The van der Waals surface area contributed by atoms with Crippen molar-refractivity contribution < 1.29 is 18.7 Å². The number of likely N-dealkylation sites (tertiary alicyclic amines) is 1. The largest absolute Gasteiger partial charge is 0.462 e. The summed E-state index contributed by atoms with van der Waals surface area (Å²) < 4.78 is 19.0. The monoisotopic (exact) mass is 418 g/mol. The Labute approximate surface area is 174 Å². The number of amides is 1. The van der Waals surface area contributed by atoms with Gasteiger partial charge in [-0.2, -0.15) is 0 Å². The van der Waals surface area contributed by atoms with Crippen molar-refractivity contribution in [1.29, 1.82) is 0 Å². The van der Waals surface area contributed by atoms with Crippen molar-refractivity contribution in [2.24, 2.45) is 5.92 Å². The highest BCUT2D eigenvalue weighted by atomic mass is 35.5. The molecule has 0 saturated carbocycles. The van der Waals surface area contributed by atoms with Gasteiger partial charge in [-0.05, 0) is 57.1 Å². The second kappa shape index (κ2) is 9.85. The van der Waals surface area contributed by atoms with E-state index in [1.807, 2.05) is 0 Å². The third-order valence-corrected chi connectivity index (χ3v) is 5.28. The number of anilines is 1. The highest BCUT2D eigenvalue weighted by Gasteiger charge is 2.26. The number of para-hydroxylation sites is 1.